The number of rotatable bonds is 1. The highest BCUT2D eigenvalue weighted by molar-refractivity contribution is 5.68. The van der Waals surface area contributed by atoms with Crippen molar-refractivity contribution < 1.29 is 22.7 Å². The number of carbonyl (C=O) groups excluding carboxylic acids is 1. The summed E-state index contributed by atoms with van der Waals surface area (Å²) in [6, 6.07) is 5.70. The highest BCUT2D eigenvalue weighted by Crippen LogP contribution is 2.57. The number of piperidine rings is 1. The van der Waals surface area contributed by atoms with Crippen molar-refractivity contribution in [1.82, 2.24) is 4.90 Å². The number of benzene rings is 1. The van der Waals surface area contributed by atoms with Gasteiger partial charge in [-0.2, -0.15) is 13.2 Å². The molecule has 3 nitrogen and oxygen atoms in total. The highest BCUT2D eigenvalue weighted by Gasteiger charge is 2.47. The zero-order valence-corrected chi connectivity index (χ0v) is 15.5. The lowest BCUT2D eigenvalue weighted by Crippen LogP contribution is -2.49. The van der Waals surface area contributed by atoms with Gasteiger partial charge in [-0.3, -0.25) is 0 Å². The normalized spacial score (nSPS) is 20.8. The summed E-state index contributed by atoms with van der Waals surface area (Å²) >= 11 is 0. The SMILES string of the molecule is CC(C)(C)OC(=O)N1CCC2(CC1)CC(c1cccc(C(F)(F)F)c1)C2. The number of hydrogen-bond acceptors (Lipinski definition) is 2. The first-order valence-corrected chi connectivity index (χ1v) is 9.13. The van der Waals surface area contributed by atoms with Gasteiger partial charge in [-0.15, -0.1) is 0 Å². The largest absolute Gasteiger partial charge is 0.444 e. The summed E-state index contributed by atoms with van der Waals surface area (Å²) < 4.78 is 44.1. The lowest BCUT2D eigenvalue weighted by atomic mass is 9.56. The molecule has 0 unspecified atom stereocenters. The van der Waals surface area contributed by atoms with Crippen molar-refractivity contribution in [2.24, 2.45) is 5.41 Å². The molecule has 2 fully saturated rings. The molecule has 1 heterocycles. The third kappa shape index (κ3) is 4.15. The Morgan fingerprint density at radius 3 is 2.31 bits per heavy atom. The number of nitrogens with zero attached hydrogens (tertiary/aromatic N) is 1. The van der Waals surface area contributed by atoms with E-state index in [2.05, 4.69) is 0 Å². The molecule has 1 saturated carbocycles. The molecule has 1 aromatic carbocycles. The van der Waals surface area contributed by atoms with Gasteiger partial charge in [0.1, 0.15) is 5.60 Å². The first-order chi connectivity index (χ1) is 12.0. The van der Waals surface area contributed by atoms with Crippen molar-refractivity contribution in [1.29, 1.82) is 0 Å². The molecule has 1 aliphatic carbocycles. The fourth-order valence-electron chi connectivity index (χ4n) is 4.09. The molecule has 26 heavy (non-hydrogen) atoms. The summed E-state index contributed by atoms with van der Waals surface area (Å²) in [5.74, 6) is 0.186. The highest BCUT2D eigenvalue weighted by atomic mass is 19.4. The van der Waals surface area contributed by atoms with E-state index in [0.717, 1.165) is 37.3 Å². The average molecular weight is 369 g/mol. The second-order valence-electron chi connectivity index (χ2n) is 8.70. The van der Waals surface area contributed by atoms with Crippen molar-refractivity contribution >= 4 is 6.09 Å². The van der Waals surface area contributed by atoms with Gasteiger partial charge >= 0.3 is 12.3 Å². The molecule has 0 aromatic heterocycles. The Bertz CT molecular complexity index is 662. The summed E-state index contributed by atoms with van der Waals surface area (Å²) in [6.45, 7) is 6.86. The van der Waals surface area contributed by atoms with E-state index >= 15 is 0 Å². The number of halogens is 3. The van der Waals surface area contributed by atoms with E-state index in [1.807, 2.05) is 20.8 Å². The van der Waals surface area contributed by atoms with E-state index in [9.17, 15) is 18.0 Å². The summed E-state index contributed by atoms with van der Waals surface area (Å²) in [6.07, 6.45) is -0.992. The summed E-state index contributed by atoms with van der Waals surface area (Å²) in [4.78, 5) is 13.9. The number of likely N-dealkylation sites (tertiary alicyclic amines) is 1. The molecule has 1 spiro atoms. The number of carbonyl (C=O) groups is 1. The van der Waals surface area contributed by atoms with Crippen molar-refractivity contribution in [2.45, 2.75) is 64.1 Å². The van der Waals surface area contributed by atoms with Gasteiger partial charge in [-0.1, -0.05) is 18.2 Å². The Kier molecular flexibility index (Phi) is 4.74. The number of alkyl halides is 3. The first kappa shape index (κ1) is 19.1. The third-order valence-corrected chi connectivity index (χ3v) is 5.52. The van der Waals surface area contributed by atoms with Crippen LogP contribution in [0.4, 0.5) is 18.0 Å². The van der Waals surface area contributed by atoms with Crippen LogP contribution in [0.3, 0.4) is 0 Å². The van der Waals surface area contributed by atoms with E-state index in [4.69, 9.17) is 4.74 Å². The van der Waals surface area contributed by atoms with Crippen molar-refractivity contribution in [3.63, 3.8) is 0 Å². The Morgan fingerprint density at radius 1 is 1.15 bits per heavy atom. The molecule has 1 amide bonds. The lowest BCUT2D eigenvalue weighted by molar-refractivity contribution is -0.137. The molecule has 0 N–H and O–H groups in total. The summed E-state index contributed by atoms with van der Waals surface area (Å²) in [7, 11) is 0. The van der Waals surface area contributed by atoms with Crippen LogP contribution in [0.25, 0.3) is 0 Å². The van der Waals surface area contributed by atoms with Crippen LogP contribution in [0, 0.1) is 5.41 Å². The lowest BCUT2D eigenvalue weighted by Gasteiger charge is -2.52. The van der Waals surface area contributed by atoms with Crippen LogP contribution in [0.5, 0.6) is 0 Å². The molecule has 0 atom stereocenters. The minimum Gasteiger partial charge on any atom is -0.444 e. The maximum absolute atomic E-state index is 12.9. The van der Waals surface area contributed by atoms with Gasteiger partial charge in [0, 0.05) is 13.1 Å². The van der Waals surface area contributed by atoms with Crippen LogP contribution < -0.4 is 0 Å². The average Bonchev–Trinajstić information content (AvgIpc) is 2.50. The Hall–Kier alpha value is -1.72. The van der Waals surface area contributed by atoms with Gasteiger partial charge in [0.05, 0.1) is 5.56 Å². The minimum absolute atomic E-state index is 0.164. The molecule has 0 bridgehead atoms. The zero-order chi connectivity index (χ0) is 19.2. The number of hydrogen-bond donors (Lipinski definition) is 0. The molecule has 1 saturated heterocycles. The third-order valence-electron chi connectivity index (χ3n) is 5.52. The molecule has 3 rings (SSSR count). The topological polar surface area (TPSA) is 29.5 Å². The number of ether oxygens (including phenoxy) is 1. The molecule has 2 aliphatic rings. The maximum atomic E-state index is 12.9. The smallest absolute Gasteiger partial charge is 0.416 e. The molecule has 6 heteroatoms. The second kappa shape index (κ2) is 6.46. The van der Waals surface area contributed by atoms with Gasteiger partial charge in [-0.05, 0) is 69.4 Å². The van der Waals surface area contributed by atoms with Crippen LogP contribution in [0.1, 0.15) is 63.5 Å². The van der Waals surface area contributed by atoms with E-state index in [-0.39, 0.29) is 17.4 Å². The summed E-state index contributed by atoms with van der Waals surface area (Å²) in [5.41, 5.74) is -0.134. The van der Waals surface area contributed by atoms with E-state index in [1.165, 1.54) is 12.1 Å². The standard InChI is InChI=1S/C20H26F3NO2/c1-18(2,3)26-17(25)24-9-7-19(8-10-24)12-15(13-19)14-5-4-6-16(11-14)20(21,22)23/h4-6,11,15H,7-10,12-13H2,1-3H3. The predicted octanol–water partition coefficient (Wildman–Crippen LogP) is 5.60. The Labute approximate surface area is 152 Å². The van der Waals surface area contributed by atoms with Gasteiger partial charge < -0.3 is 9.64 Å². The summed E-state index contributed by atoms with van der Waals surface area (Å²) in [5, 5.41) is 0. The second-order valence-corrected chi connectivity index (χ2v) is 8.70. The van der Waals surface area contributed by atoms with Gasteiger partial charge in [0.25, 0.3) is 0 Å². The molecule has 0 radical (unpaired) electrons. The predicted molar refractivity (Wildman–Crippen MR) is 92.9 cm³/mol. The van der Waals surface area contributed by atoms with Crippen molar-refractivity contribution in [3.05, 3.63) is 35.4 Å². The van der Waals surface area contributed by atoms with E-state index < -0.39 is 17.3 Å². The van der Waals surface area contributed by atoms with Gasteiger partial charge in [0.2, 0.25) is 0 Å². The van der Waals surface area contributed by atoms with Crippen molar-refractivity contribution in [2.75, 3.05) is 13.1 Å². The fourth-order valence-corrected chi connectivity index (χ4v) is 4.09. The maximum Gasteiger partial charge on any atom is 0.416 e. The van der Waals surface area contributed by atoms with Gasteiger partial charge in [-0.25, -0.2) is 4.79 Å². The van der Waals surface area contributed by atoms with Crippen LogP contribution in [-0.2, 0) is 10.9 Å². The van der Waals surface area contributed by atoms with Crippen LogP contribution >= 0.6 is 0 Å². The molecular weight excluding hydrogens is 343 g/mol. The monoisotopic (exact) mass is 369 g/mol. The van der Waals surface area contributed by atoms with Crippen LogP contribution in [0.2, 0.25) is 0 Å². The van der Waals surface area contributed by atoms with Crippen LogP contribution in [0.15, 0.2) is 24.3 Å². The quantitative estimate of drug-likeness (QED) is 0.645. The minimum atomic E-state index is -4.30. The van der Waals surface area contributed by atoms with Crippen LogP contribution in [-0.4, -0.2) is 29.7 Å². The molecular formula is C20H26F3NO2. The van der Waals surface area contributed by atoms with Gasteiger partial charge in [0.15, 0.2) is 0 Å². The molecule has 144 valence electrons. The zero-order valence-electron chi connectivity index (χ0n) is 15.5. The van der Waals surface area contributed by atoms with E-state index in [0.29, 0.717) is 13.1 Å². The first-order valence-electron chi connectivity index (χ1n) is 9.13. The molecule has 1 aromatic rings. The Morgan fingerprint density at radius 2 is 1.77 bits per heavy atom. The fraction of sp³-hybridized carbons (Fsp3) is 0.650. The van der Waals surface area contributed by atoms with E-state index in [1.54, 1.807) is 11.0 Å². The van der Waals surface area contributed by atoms with Crippen molar-refractivity contribution in [3.8, 4) is 0 Å². The Balaban J connectivity index is 1.55. The molecule has 1 aliphatic heterocycles. The number of amides is 1.